The van der Waals surface area contributed by atoms with Crippen molar-refractivity contribution in [2.75, 3.05) is 53.6 Å². The summed E-state index contributed by atoms with van der Waals surface area (Å²) in [6.07, 6.45) is 8.69. The molecular formula is C56H69ClN10O5. The number of nitriles is 2. The van der Waals surface area contributed by atoms with Crippen molar-refractivity contribution >= 4 is 24.3 Å². The quantitative estimate of drug-likeness (QED) is 0.0713. The van der Waals surface area contributed by atoms with Crippen LogP contribution in [0.1, 0.15) is 142 Å². The van der Waals surface area contributed by atoms with Gasteiger partial charge in [0.15, 0.2) is 11.6 Å². The molecule has 0 atom stereocenters. The Hall–Kier alpha value is -6.75. The molecule has 0 unspecified atom stereocenters. The molecule has 4 N–H and O–H groups in total. The first-order valence-corrected chi connectivity index (χ1v) is 24.9. The third kappa shape index (κ3) is 14.7. The number of likely N-dealkylation sites (tertiary alicyclic amines) is 1. The first-order valence-electron chi connectivity index (χ1n) is 24.9. The molecule has 2 aliphatic rings. The summed E-state index contributed by atoms with van der Waals surface area (Å²) in [7, 11) is 3.30. The lowest BCUT2D eigenvalue weighted by molar-refractivity contribution is 0.0691. The molecule has 2 fully saturated rings. The third-order valence-corrected chi connectivity index (χ3v) is 13.4. The van der Waals surface area contributed by atoms with E-state index < -0.39 is 5.97 Å². The Morgan fingerprint density at radius 3 is 1.46 bits per heavy atom. The predicted octanol–water partition coefficient (Wildman–Crippen LogP) is 9.61. The van der Waals surface area contributed by atoms with Gasteiger partial charge in [0.05, 0.1) is 42.0 Å². The van der Waals surface area contributed by atoms with Gasteiger partial charge in [0.2, 0.25) is 0 Å². The van der Waals surface area contributed by atoms with E-state index in [1.54, 1.807) is 20.3 Å². The van der Waals surface area contributed by atoms with Gasteiger partial charge in [-0.2, -0.15) is 20.7 Å². The second-order valence-corrected chi connectivity index (χ2v) is 17.8. The largest absolute Gasteiger partial charge is 0.478 e. The van der Waals surface area contributed by atoms with Crippen LogP contribution in [0, 0.1) is 22.7 Å². The Balaban J connectivity index is 0.000000221. The number of aromatic amines is 2. The summed E-state index contributed by atoms with van der Waals surface area (Å²) in [4.78, 5) is 36.2. The summed E-state index contributed by atoms with van der Waals surface area (Å²) in [5.41, 5.74) is 10.9. The van der Waals surface area contributed by atoms with Crippen molar-refractivity contribution in [2.24, 2.45) is 0 Å². The number of benzene rings is 4. The van der Waals surface area contributed by atoms with Crippen LogP contribution in [0.15, 0.2) is 72.8 Å². The van der Waals surface area contributed by atoms with Crippen molar-refractivity contribution in [3.8, 4) is 34.9 Å². The number of carbonyl (C=O) groups is 2. The highest BCUT2D eigenvalue weighted by Crippen LogP contribution is 2.32. The van der Waals surface area contributed by atoms with Gasteiger partial charge in [0.25, 0.3) is 5.91 Å². The van der Waals surface area contributed by atoms with Gasteiger partial charge in [-0.05, 0) is 146 Å². The summed E-state index contributed by atoms with van der Waals surface area (Å²) >= 11 is 0. The van der Waals surface area contributed by atoms with E-state index in [1.165, 1.54) is 24.0 Å². The molecule has 6 aromatic rings. The number of carboxylic acids is 1. The molecular weight excluding hydrogens is 928 g/mol. The van der Waals surface area contributed by atoms with Gasteiger partial charge in [-0.3, -0.25) is 15.0 Å². The molecule has 2 saturated heterocycles. The Morgan fingerprint density at radius 2 is 1.06 bits per heavy atom. The third-order valence-electron chi connectivity index (χ3n) is 13.4. The number of aromatic carboxylic acids is 1. The molecule has 380 valence electrons. The summed E-state index contributed by atoms with van der Waals surface area (Å²) < 4.78 is 10.2. The topological polar surface area (TPSA) is 219 Å². The van der Waals surface area contributed by atoms with Gasteiger partial charge in [-0.25, -0.2) is 14.8 Å². The first kappa shape index (κ1) is 56.2. The average Bonchev–Trinajstić information content (AvgIpc) is 4.12. The van der Waals surface area contributed by atoms with Gasteiger partial charge < -0.3 is 24.8 Å². The van der Waals surface area contributed by atoms with Crippen LogP contribution in [-0.4, -0.2) is 106 Å². The predicted molar refractivity (Wildman–Crippen MR) is 282 cm³/mol. The Kier molecular flexibility index (Phi) is 22.1. The van der Waals surface area contributed by atoms with Crippen LogP contribution in [0.25, 0.3) is 22.8 Å². The number of nitrogens with one attached hydrogen (secondary N) is 3. The van der Waals surface area contributed by atoms with E-state index in [0.717, 1.165) is 114 Å². The van der Waals surface area contributed by atoms with Crippen molar-refractivity contribution in [3.63, 3.8) is 0 Å². The Bertz CT molecular complexity index is 2760. The second-order valence-electron chi connectivity index (χ2n) is 17.8. The van der Waals surface area contributed by atoms with Crippen LogP contribution in [0.3, 0.4) is 0 Å². The van der Waals surface area contributed by atoms with Crippen LogP contribution in [0.2, 0.25) is 0 Å². The summed E-state index contributed by atoms with van der Waals surface area (Å²) in [6, 6.07) is 28.0. The molecule has 72 heavy (non-hydrogen) atoms. The smallest absolute Gasteiger partial charge is 0.335 e. The Morgan fingerprint density at radius 1 is 0.639 bits per heavy atom. The average molecular weight is 998 g/mol. The lowest BCUT2D eigenvalue weighted by atomic mass is 9.88. The fraction of sp³-hybridized carbons (Fsp3) is 0.429. The van der Waals surface area contributed by atoms with Crippen molar-refractivity contribution < 1.29 is 24.2 Å². The minimum absolute atomic E-state index is 0. The minimum atomic E-state index is -0.920. The number of H-pyrrole nitrogens is 2. The molecule has 4 aromatic carbocycles. The zero-order valence-corrected chi connectivity index (χ0v) is 43.3. The van der Waals surface area contributed by atoms with Crippen LogP contribution >= 0.6 is 12.4 Å². The lowest BCUT2D eigenvalue weighted by Crippen LogP contribution is -2.38. The molecule has 0 bridgehead atoms. The Labute approximate surface area is 430 Å². The number of hydrogen-bond donors (Lipinski definition) is 4. The van der Waals surface area contributed by atoms with Gasteiger partial charge >= 0.3 is 5.97 Å². The molecule has 0 aliphatic carbocycles. The van der Waals surface area contributed by atoms with Crippen molar-refractivity contribution in [1.82, 2.24) is 40.6 Å². The van der Waals surface area contributed by atoms with Crippen LogP contribution in [-0.2, 0) is 48.0 Å². The number of carbonyl (C=O) groups excluding carboxylic acids is 1. The number of aryl methyl sites for hydroxylation is 4. The van der Waals surface area contributed by atoms with Crippen LogP contribution < -0.4 is 5.32 Å². The van der Waals surface area contributed by atoms with Crippen LogP contribution in [0.5, 0.6) is 0 Å². The number of methoxy groups -OCH3 is 2. The van der Waals surface area contributed by atoms with Crippen molar-refractivity contribution in [1.29, 1.82) is 10.5 Å². The highest BCUT2D eigenvalue weighted by atomic mass is 35.5. The SMILES string of the molecule is CCc1cc(CC)c(-c2n[nH]c(CCOC)n2)cc1C(=O)N1CCC(c2ccc(C#N)cc2)CC1.CCc1cc(CC)c(-c2n[nH]c(CCOC)n2)cc1C(=O)O.Cl.N#Cc1ccc(C2CCNCC2)cc1. The lowest BCUT2D eigenvalue weighted by Gasteiger charge is -2.33. The number of rotatable bonds is 16. The molecule has 2 aliphatic heterocycles. The zero-order chi connectivity index (χ0) is 50.7. The fourth-order valence-electron chi connectivity index (χ4n) is 9.23. The monoisotopic (exact) mass is 997 g/mol. The standard InChI is InChI=1S/C28H33N5O2.C16H21N3O3.C12H14N2.ClH/c1-4-20-16-21(5-2)25(17-24(20)27-30-26(31-32-27)12-15-35-3)28(34)33-13-10-23(11-14-33)22-8-6-19(18-29)7-9-22;1-4-10-8-11(5-2)13(16(20)21)9-12(10)15-17-14(18-19-15)6-7-22-3;13-9-10-1-3-11(4-2-10)12-5-7-14-8-6-12;/h6-9,16-17,23H,4-5,10-15H2,1-3H3,(H,30,31,32);8-9H,4-7H2,1-3H3,(H,20,21)(H,17,18,19);1-4,12,14H,5-8H2;1H. The zero-order valence-electron chi connectivity index (χ0n) is 42.5. The van der Waals surface area contributed by atoms with E-state index in [0.29, 0.717) is 67.1 Å². The maximum Gasteiger partial charge on any atom is 0.335 e. The highest BCUT2D eigenvalue weighted by Gasteiger charge is 2.27. The van der Waals surface area contributed by atoms with Crippen molar-refractivity contribution in [2.45, 2.75) is 104 Å². The number of carboxylic acid groups (broad SMARTS) is 1. The van der Waals surface area contributed by atoms with E-state index >= 15 is 0 Å². The maximum absolute atomic E-state index is 13.7. The summed E-state index contributed by atoms with van der Waals surface area (Å²) in [6.45, 7) is 13.0. The molecule has 8 rings (SSSR count). The van der Waals surface area contributed by atoms with E-state index in [1.807, 2.05) is 67.3 Å². The number of aromatic nitrogens is 6. The van der Waals surface area contributed by atoms with Gasteiger partial charge in [-0.15, -0.1) is 12.4 Å². The van der Waals surface area contributed by atoms with Gasteiger partial charge in [-0.1, -0.05) is 64.1 Å². The molecule has 15 nitrogen and oxygen atoms in total. The number of piperidine rings is 2. The van der Waals surface area contributed by atoms with Crippen molar-refractivity contribution in [3.05, 3.63) is 140 Å². The van der Waals surface area contributed by atoms with E-state index in [4.69, 9.17) is 20.0 Å². The number of halogens is 1. The highest BCUT2D eigenvalue weighted by molar-refractivity contribution is 5.97. The van der Waals surface area contributed by atoms with Gasteiger partial charge in [0, 0.05) is 56.8 Å². The molecule has 0 saturated carbocycles. The molecule has 4 heterocycles. The molecule has 1 amide bonds. The first-order chi connectivity index (χ1) is 34.6. The number of amides is 1. The van der Waals surface area contributed by atoms with E-state index in [9.17, 15) is 14.7 Å². The minimum Gasteiger partial charge on any atom is -0.478 e. The van der Waals surface area contributed by atoms with E-state index in [2.05, 4.69) is 79.9 Å². The fourth-order valence-corrected chi connectivity index (χ4v) is 9.23. The molecule has 0 spiro atoms. The summed E-state index contributed by atoms with van der Waals surface area (Å²) in [5, 5.41) is 45.0. The second kappa shape index (κ2) is 28.3. The summed E-state index contributed by atoms with van der Waals surface area (Å²) in [5.74, 6) is 2.93. The molecule has 16 heteroatoms. The van der Waals surface area contributed by atoms with E-state index in [-0.39, 0.29) is 18.3 Å². The molecule has 0 radical (unpaired) electrons. The van der Waals surface area contributed by atoms with Crippen LogP contribution in [0.4, 0.5) is 0 Å². The number of ether oxygens (including phenoxy) is 2. The van der Waals surface area contributed by atoms with Gasteiger partial charge in [0.1, 0.15) is 11.6 Å². The normalized spacial score (nSPS) is 13.6. The number of hydrogen-bond acceptors (Lipinski definition) is 11. The maximum atomic E-state index is 13.7. The molecule has 2 aromatic heterocycles. The number of nitrogens with zero attached hydrogens (tertiary/aromatic N) is 7.